The van der Waals surface area contributed by atoms with Crippen molar-refractivity contribution in [2.75, 3.05) is 26.2 Å². The number of rotatable bonds is 6. The molecule has 0 aromatic carbocycles. The van der Waals surface area contributed by atoms with Crippen LogP contribution in [0.5, 0.6) is 0 Å². The van der Waals surface area contributed by atoms with Crippen LogP contribution in [0.1, 0.15) is 19.3 Å². The van der Waals surface area contributed by atoms with E-state index in [1.807, 2.05) is 0 Å². The monoisotopic (exact) mass is 382 g/mol. The standard InChI is InChI=1S/C12H19BrN2O3S2/c13-11-4-9-19-12(11)20(16,17)15-6-2-10(3-7-15)18-8-1-5-14/h4,9-10H,1-3,5-8,14H2. The molecule has 0 spiro atoms. The molecule has 1 saturated heterocycles. The van der Waals surface area contributed by atoms with Gasteiger partial charge in [0.05, 0.1) is 6.10 Å². The van der Waals surface area contributed by atoms with Gasteiger partial charge in [0.1, 0.15) is 4.21 Å². The highest BCUT2D eigenvalue weighted by Gasteiger charge is 2.31. The third-order valence-corrected chi connectivity index (χ3v) is 7.81. The van der Waals surface area contributed by atoms with Crippen molar-refractivity contribution in [1.82, 2.24) is 4.31 Å². The molecule has 20 heavy (non-hydrogen) atoms. The zero-order valence-electron chi connectivity index (χ0n) is 11.1. The molecule has 5 nitrogen and oxygen atoms in total. The molecular formula is C12H19BrN2O3S2. The van der Waals surface area contributed by atoms with Gasteiger partial charge in [-0.2, -0.15) is 4.31 Å². The molecule has 0 atom stereocenters. The first-order valence-electron chi connectivity index (χ1n) is 6.60. The van der Waals surface area contributed by atoms with E-state index in [0.717, 1.165) is 19.3 Å². The topological polar surface area (TPSA) is 72.6 Å². The summed E-state index contributed by atoms with van der Waals surface area (Å²) < 4.78 is 33.2. The van der Waals surface area contributed by atoms with E-state index in [-0.39, 0.29) is 6.10 Å². The quantitative estimate of drug-likeness (QED) is 0.763. The lowest BCUT2D eigenvalue weighted by molar-refractivity contribution is 0.0209. The van der Waals surface area contributed by atoms with Crippen LogP contribution < -0.4 is 5.73 Å². The van der Waals surface area contributed by atoms with Crippen molar-refractivity contribution in [3.8, 4) is 0 Å². The molecular weight excluding hydrogens is 364 g/mol. The molecule has 8 heteroatoms. The van der Waals surface area contributed by atoms with Crippen LogP contribution in [0.15, 0.2) is 20.1 Å². The Morgan fingerprint density at radius 2 is 2.15 bits per heavy atom. The minimum Gasteiger partial charge on any atom is -0.378 e. The number of thiophene rings is 1. The van der Waals surface area contributed by atoms with Gasteiger partial charge in [-0.15, -0.1) is 11.3 Å². The zero-order chi connectivity index (χ0) is 14.6. The summed E-state index contributed by atoms with van der Waals surface area (Å²) in [7, 11) is -3.37. The van der Waals surface area contributed by atoms with Crippen molar-refractivity contribution < 1.29 is 13.2 Å². The van der Waals surface area contributed by atoms with Gasteiger partial charge < -0.3 is 10.5 Å². The summed E-state index contributed by atoms with van der Waals surface area (Å²) >= 11 is 4.54. The van der Waals surface area contributed by atoms with Gasteiger partial charge in [0.2, 0.25) is 0 Å². The molecule has 1 fully saturated rings. The molecule has 2 heterocycles. The molecule has 0 amide bonds. The van der Waals surface area contributed by atoms with Crippen molar-refractivity contribution in [1.29, 1.82) is 0 Å². The normalized spacial score (nSPS) is 18.5. The smallest absolute Gasteiger partial charge is 0.253 e. The molecule has 1 aromatic rings. The number of hydrogen-bond donors (Lipinski definition) is 1. The summed E-state index contributed by atoms with van der Waals surface area (Å²) in [5, 5.41) is 1.78. The minimum atomic E-state index is -3.37. The maximum absolute atomic E-state index is 12.5. The van der Waals surface area contributed by atoms with Crippen molar-refractivity contribution in [3.05, 3.63) is 15.9 Å². The van der Waals surface area contributed by atoms with Crippen LogP contribution in [0.25, 0.3) is 0 Å². The first-order valence-corrected chi connectivity index (χ1v) is 9.72. The highest BCUT2D eigenvalue weighted by atomic mass is 79.9. The van der Waals surface area contributed by atoms with Crippen molar-refractivity contribution >= 4 is 37.3 Å². The van der Waals surface area contributed by atoms with Crippen LogP contribution >= 0.6 is 27.3 Å². The third kappa shape index (κ3) is 3.80. The van der Waals surface area contributed by atoms with E-state index in [1.54, 1.807) is 15.8 Å². The molecule has 0 bridgehead atoms. The fourth-order valence-corrected chi connectivity index (χ4v) is 6.07. The Balaban J connectivity index is 1.92. The first-order chi connectivity index (χ1) is 9.55. The average molecular weight is 383 g/mol. The molecule has 0 saturated carbocycles. The molecule has 0 radical (unpaired) electrons. The predicted molar refractivity (Wildman–Crippen MR) is 83.4 cm³/mol. The lowest BCUT2D eigenvalue weighted by Crippen LogP contribution is -2.40. The second-order valence-corrected chi connectivity index (χ2v) is 8.58. The fourth-order valence-electron chi connectivity index (χ4n) is 2.15. The Bertz CT molecular complexity index is 525. The van der Waals surface area contributed by atoms with Crippen LogP contribution in [-0.4, -0.2) is 45.1 Å². The van der Waals surface area contributed by atoms with Gasteiger partial charge in [-0.25, -0.2) is 8.42 Å². The van der Waals surface area contributed by atoms with Crippen molar-refractivity contribution in [3.63, 3.8) is 0 Å². The molecule has 1 aromatic heterocycles. The van der Waals surface area contributed by atoms with Crippen molar-refractivity contribution in [2.24, 2.45) is 5.73 Å². The zero-order valence-corrected chi connectivity index (χ0v) is 14.3. The molecule has 2 N–H and O–H groups in total. The van der Waals surface area contributed by atoms with E-state index in [0.29, 0.717) is 34.9 Å². The summed E-state index contributed by atoms with van der Waals surface area (Å²) in [4.78, 5) is 0. The molecule has 0 aliphatic carbocycles. The van der Waals surface area contributed by atoms with E-state index in [1.165, 1.54) is 11.3 Å². The van der Waals surface area contributed by atoms with Crippen LogP contribution in [-0.2, 0) is 14.8 Å². The largest absolute Gasteiger partial charge is 0.378 e. The Morgan fingerprint density at radius 3 is 2.70 bits per heavy atom. The highest BCUT2D eigenvalue weighted by Crippen LogP contribution is 2.31. The second kappa shape index (κ2) is 7.33. The first kappa shape index (κ1) is 16.4. The molecule has 2 rings (SSSR count). The summed E-state index contributed by atoms with van der Waals surface area (Å²) in [6.07, 6.45) is 2.49. The number of sulfonamides is 1. The summed E-state index contributed by atoms with van der Waals surface area (Å²) in [5.41, 5.74) is 5.42. The number of halogens is 1. The van der Waals surface area contributed by atoms with Crippen LogP contribution in [0.2, 0.25) is 0 Å². The number of nitrogens with zero attached hydrogens (tertiary/aromatic N) is 1. The maximum atomic E-state index is 12.5. The van der Waals surface area contributed by atoms with Gasteiger partial charge in [-0.1, -0.05) is 0 Å². The van der Waals surface area contributed by atoms with Gasteiger partial charge >= 0.3 is 0 Å². The molecule has 0 unspecified atom stereocenters. The van der Waals surface area contributed by atoms with E-state index >= 15 is 0 Å². The third-order valence-electron chi connectivity index (χ3n) is 3.26. The van der Waals surface area contributed by atoms with Gasteiger partial charge in [0.15, 0.2) is 0 Å². The lowest BCUT2D eigenvalue weighted by atomic mass is 10.1. The van der Waals surface area contributed by atoms with Gasteiger partial charge in [0.25, 0.3) is 10.0 Å². The van der Waals surface area contributed by atoms with Gasteiger partial charge in [0, 0.05) is 24.2 Å². The highest BCUT2D eigenvalue weighted by molar-refractivity contribution is 9.10. The molecule has 1 aliphatic heterocycles. The van der Waals surface area contributed by atoms with E-state index in [2.05, 4.69) is 15.9 Å². The Labute approximate surface area is 132 Å². The fraction of sp³-hybridized carbons (Fsp3) is 0.667. The van der Waals surface area contributed by atoms with Crippen LogP contribution in [0, 0.1) is 0 Å². The number of piperidine rings is 1. The van der Waals surface area contributed by atoms with Crippen LogP contribution in [0.4, 0.5) is 0 Å². The predicted octanol–water partition coefficient (Wildman–Crippen LogP) is 2.03. The lowest BCUT2D eigenvalue weighted by Gasteiger charge is -2.30. The van der Waals surface area contributed by atoms with Gasteiger partial charge in [-0.3, -0.25) is 0 Å². The summed E-state index contributed by atoms with van der Waals surface area (Å²) in [6.45, 7) is 2.31. The maximum Gasteiger partial charge on any atom is 0.253 e. The van der Waals surface area contributed by atoms with E-state index in [4.69, 9.17) is 10.5 Å². The minimum absolute atomic E-state index is 0.153. The summed E-state index contributed by atoms with van der Waals surface area (Å²) in [5.74, 6) is 0. The Hall–Kier alpha value is 0.01000. The number of ether oxygens (including phenoxy) is 1. The summed E-state index contributed by atoms with van der Waals surface area (Å²) in [6, 6.07) is 1.76. The number of nitrogens with two attached hydrogens (primary N) is 1. The second-order valence-electron chi connectivity index (χ2n) is 4.67. The Morgan fingerprint density at radius 1 is 1.45 bits per heavy atom. The van der Waals surface area contributed by atoms with Crippen molar-refractivity contribution in [2.45, 2.75) is 29.6 Å². The average Bonchev–Trinajstić information content (AvgIpc) is 2.87. The van der Waals surface area contributed by atoms with Crippen LogP contribution in [0.3, 0.4) is 0 Å². The van der Waals surface area contributed by atoms with E-state index < -0.39 is 10.0 Å². The number of hydrogen-bond acceptors (Lipinski definition) is 5. The Kier molecular flexibility index (Phi) is 6.00. The van der Waals surface area contributed by atoms with Gasteiger partial charge in [-0.05, 0) is 53.2 Å². The molecule has 114 valence electrons. The van der Waals surface area contributed by atoms with E-state index in [9.17, 15) is 8.42 Å². The SMILES string of the molecule is NCCCOC1CCN(S(=O)(=O)c2sccc2Br)CC1. The molecule has 1 aliphatic rings.